The summed E-state index contributed by atoms with van der Waals surface area (Å²) in [6, 6.07) is 0.833. The van der Waals surface area contributed by atoms with E-state index >= 15 is 0 Å². The van der Waals surface area contributed by atoms with E-state index in [1.54, 1.807) is 0 Å². The molecule has 14 heavy (non-hydrogen) atoms. The molecule has 0 spiro atoms. The molecule has 0 saturated carbocycles. The van der Waals surface area contributed by atoms with Crippen molar-refractivity contribution in [3.8, 4) is 0 Å². The van der Waals surface area contributed by atoms with Gasteiger partial charge in [-0.15, -0.1) is 0 Å². The highest BCUT2D eigenvalue weighted by Gasteiger charge is 2.08. The number of rotatable bonds is 9. The van der Waals surface area contributed by atoms with Gasteiger partial charge in [-0.2, -0.15) is 0 Å². The maximum absolute atomic E-state index is 9.02. The van der Waals surface area contributed by atoms with E-state index in [2.05, 4.69) is 26.1 Å². The minimum absolute atomic E-state index is 0.260. The quantitative estimate of drug-likeness (QED) is 0.562. The first-order chi connectivity index (χ1) is 6.74. The second-order valence-electron chi connectivity index (χ2n) is 4.20. The third kappa shape index (κ3) is 7.34. The third-order valence-corrected chi connectivity index (χ3v) is 2.72. The van der Waals surface area contributed by atoms with Crippen LogP contribution in [-0.4, -0.2) is 23.8 Å². The molecule has 0 aliphatic carbocycles. The summed E-state index contributed by atoms with van der Waals surface area (Å²) < 4.78 is 0. The summed E-state index contributed by atoms with van der Waals surface area (Å²) >= 11 is 0. The Morgan fingerprint density at radius 2 is 1.86 bits per heavy atom. The van der Waals surface area contributed by atoms with Crippen molar-refractivity contribution >= 4 is 0 Å². The number of hydrogen-bond donors (Lipinski definition) is 2. The van der Waals surface area contributed by atoms with Gasteiger partial charge in [0.05, 0.1) is 6.61 Å². The first-order valence-corrected chi connectivity index (χ1v) is 6.11. The van der Waals surface area contributed by atoms with Crippen molar-refractivity contribution in [3.63, 3.8) is 0 Å². The zero-order valence-electron chi connectivity index (χ0n) is 10.1. The SMILES string of the molecule is CCCCCC[C@H](C)N[C@@H](CC)CO. The predicted molar refractivity (Wildman–Crippen MR) is 62.5 cm³/mol. The Kier molecular flexibility index (Phi) is 9.42. The molecule has 2 atom stereocenters. The second kappa shape index (κ2) is 9.47. The average Bonchev–Trinajstić information content (AvgIpc) is 2.21. The zero-order chi connectivity index (χ0) is 10.8. The predicted octanol–water partition coefficient (Wildman–Crippen LogP) is 2.71. The van der Waals surface area contributed by atoms with E-state index in [9.17, 15) is 0 Å². The van der Waals surface area contributed by atoms with Crippen LogP contribution in [0.1, 0.15) is 59.3 Å². The van der Waals surface area contributed by atoms with Crippen molar-refractivity contribution in [3.05, 3.63) is 0 Å². The van der Waals surface area contributed by atoms with Gasteiger partial charge >= 0.3 is 0 Å². The van der Waals surface area contributed by atoms with Crippen LogP contribution < -0.4 is 5.32 Å². The van der Waals surface area contributed by atoms with Gasteiger partial charge in [0, 0.05) is 12.1 Å². The number of aliphatic hydroxyl groups is 1. The molecule has 0 aromatic heterocycles. The van der Waals surface area contributed by atoms with Gasteiger partial charge in [0.15, 0.2) is 0 Å². The van der Waals surface area contributed by atoms with Crippen LogP contribution in [0.15, 0.2) is 0 Å². The van der Waals surface area contributed by atoms with Crippen molar-refractivity contribution in [2.24, 2.45) is 0 Å². The highest BCUT2D eigenvalue weighted by Crippen LogP contribution is 2.06. The largest absolute Gasteiger partial charge is 0.395 e. The molecule has 0 heterocycles. The topological polar surface area (TPSA) is 32.3 Å². The highest BCUT2D eigenvalue weighted by molar-refractivity contribution is 4.69. The Balaban J connectivity index is 3.38. The Morgan fingerprint density at radius 3 is 2.36 bits per heavy atom. The molecule has 0 fully saturated rings. The summed E-state index contributed by atoms with van der Waals surface area (Å²) in [5, 5.41) is 12.5. The van der Waals surface area contributed by atoms with Gasteiger partial charge in [0.2, 0.25) is 0 Å². The van der Waals surface area contributed by atoms with Crippen molar-refractivity contribution in [1.29, 1.82) is 0 Å². The molecule has 2 nitrogen and oxygen atoms in total. The molecular formula is C12H27NO. The molecule has 86 valence electrons. The van der Waals surface area contributed by atoms with Crippen LogP contribution in [-0.2, 0) is 0 Å². The van der Waals surface area contributed by atoms with E-state index in [0.717, 1.165) is 6.42 Å². The summed E-state index contributed by atoms with van der Waals surface area (Å²) in [6.07, 6.45) is 7.55. The van der Waals surface area contributed by atoms with Crippen molar-refractivity contribution in [2.75, 3.05) is 6.61 Å². The maximum atomic E-state index is 9.02. The second-order valence-corrected chi connectivity index (χ2v) is 4.20. The first-order valence-electron chi connectivity index (χ1n) is 6.11. The fourth-order valence-electron chi connectivity index (χ4n) is 1.66. The van der Waals surface area contributed by atoms with Gasteiger partial charge in [0.1, 0.15) is 0 Å². The summed E-state index contributed by atoms with van der Waals surface area (Å²) in [4.78, 5) is 0. The van der Waals surface area contributed by atoms with Gasteiger partial charge in [0.25, 0.3) is 0 Å². The molecule has 0 unspecified atom stereocenters. The van der Waals surface area contributed by atoms with Crippen LogP contribution in [0.5, 0.6) is 0 Å². The van der Waals surface area contributed by atoms with Gasteiger partial charge < -0.3 is 10.4 Å². The molecule has 0 aromatic rings. The van der Waals surface area contributed by atoms with E-state index in [-0.39, 0.29) is 12.6 Å². The maximum Gasteiger partial charge on any atom is 0.0584 e. The summed E-state index contributed by atoms with van der Waals surface area (Å²) in [6.45, 7) is 6.82. The van der Waals surface area contributed by atoms with E-state index in [1.807, 2.05) is 0 Å². The van der Waals surface area contributed by atoms with E-state index in [0.29, 0.717) is 6.04 Å². The molecular weight excluding hydrogens is 174 g/mol. The molecule has 2 N–H and O–H groups in total. The zero-order valence-corrected chi connectivity index (χ0v) is 10.1. The molecule has 2 heteroatoms. The lowest BCUT2D eigenvalue weighted by Gasteiger charge is -2.20. The van der Waals surface area contributed by atoms with Gasteiger partial charge in [-0.25, -0.2) is 0 Å². The number of aliphatic hydroxyl groups excluding tert-OH is 1. The fourth-order valence-corrected chi connectivity index (χ4v) is 1.66. The average molecular weight is 201 g/mol. The standard InChI is InChI=1S/C12H27NO/c1-4-6-7-8-9-11(3)13-12(5-2)10-14/h11-14H,4-10H2,1-3H3/t11-,12-/m0/s1. The van der Waals surface area contributed by atoms with Gasteiger partial charge in [-0.05, 0) is 19.8 Å². The monoisotopic (exact) mass is 201 g/mol. The van der Waals surface area contributed by atoms with Crippen LogP contribution in [0.25, 0.3) is 0 Å². The van der Waals surface area contributed by atoms with E-state index < -0.39 is 0 Å². The number of hydrogen-bond acceptors (Lipinski definition) is 2. The minimum atomic E-state index is 0.260. The van der Waals surface area contributed by atoms with Crippen molar-refractivity contribution in [1.82, 2.24) is 5.32 Å². The molecule has 0 amide bonds. The summed E-state index contributed by atoms with van der Waals surface area (Å²) in [5.74, 6) is 0. The molecule has 0 bridgehead atoms. The van der Waals surface area contributed by atoms with Gasteiger partial charge in [-0.1, -0.05) is 39.5 Å². The number of nitrogens with one attached hydrogen (secondary N) is 1. The van der Waals surface area contributed by atoms with Crippen molar-refractivity contribution in [2.45, 2.75) is 71.4 Å². The Morgan fingerprint density at radius 1 is 1.14 bits per heavy atom. The molecule has 0 aliphatic rings. The van der Waals surface area contributed by atoms with Crippen LogP contribution in [0, 0.1) is 0 Å². The normalized spacial score (nSPS) is 15.4. The molecule has 0 aromatic carbocycles. The van der Waals surface area contributed by atoms with Crippen LogP contribution in [0.3, 0.4) is 0 Å². The summed E-state index contributed by atoms with van der Waals surface area (Å²) in [5.41, 5.74) is 0. The minimum Gasteiger partial charge on any atom is -0.395 e. The first kappa shape index (κ1) is 13.9. The Bertz CT molecular complexity index is 113. The number of unbranched alkanes of at least 4 members (excludes halogenated alkanes) is 3. The van der Waals surface area contributed by atoms with E-state index in [4.69, 9.17) is 5.11 Å². The fraction of sp³-hybridized carbons (Fsp3) is 1.00. The highest BCUT2D eigenvalue weighted by atomic mass is 16.3. The molecule has 0 saturated heterocycles. The Hall–Kier alpha value is -0.0800. The van der Waals surface area contributed by atoms with E-state index in [1.165, 1.54) is 32.1 Å². The van der Waals surface area contributed by atoms with Gasteiger partial charge in [-0.3, -0.25) is 0 Å². The lowest BCUT2D eigenvalue weighted by molar-refractivity contribution is 0.227. The molecule has 0 radical (unpaired) electrons. The lowest BCUT2D eigenvalue weighted by atomic mass is 10.1. The third-order valence-electron chi connectivity index (χ3n) is 2.72. The van der Waals surface area contributed by atoms with Crippen molar-refractivity contribution < 1.29 is 5.11 Å². The molecule has 0 rings (SSSR count). The summed E-state index contributed by atoms with van der Waals surface area (Å²) in [7, 11) is 0. The lowest BCUT2D eigenvalue weighted by Crippen LogP contribution is -2.38. The van der Waals surface area contributed by atoms with Crippen LogP contribution in [0.2, 0.25) is 0 Å². The van der Waals surface area contributed by atoms with Crippen LogP contribution >= 0.6 is 0 Å². The Labute approximate surface area is 89.1 Å². The molecule has 0 aliphatic heterocycles. The smallest absolute Gasteiger partial charge is 0.0584 e. The van der Waals surface area contributed by atoms with Crippen LogP contribution in [0.4, 0.5) is 0 Å².